The van der Waals surface area contributed by atoms with Crippen molar-refractivity contribution in [3.63, 3.8) is 0 Å². The van der Waals surface area contributed by atoms with Crippen molar-refractivity contribution in [3.05, 3.63) is 54.0 Å². The van der Waals surface area contributed by atoms with E-state index >= 15 is 0 Å². The van der Waals surface area contributed by atoms with Crippen molar-refractivity contribution >= 4 is 17.2 Å². The molecule has 0 atom stereocenters. The molecule has 19 heavy (non-hydrogen) atoms. The van der Waals surface area contributed by atoms with E-state index in [0.717, 1.165) is 35.9 Å². The molecule has 0 bridgehead atoms. The van der Waals surface area contributed by atoms with Crippen LogP contribution in [0.3, 0.4) is 0 Å². The highest BCUT2D eigenvalue weighted by molar-refractivity contribution is 6.07. The summed E-state index contributed by atoms with van der Waals surface area (Å²) in [5, 5.41) is 0. The minimum atomic E-state index is -0.231. The lowest BCUT2D eigenvalue weighted by molar-refractivity contribution is 0.627. The van der Waals surface area contributed by atoms with Gasteiger partial charge in [0.1, 0.15) is 5.82 Å². The van der Waals surface area contributed by atoms with Gasteiger partial charge in [-0.05, 0) is 36.8 Å². The number of hydrogen-bond acceptors (Lipinski definition) is 3. The largest absolute Gasteiger partial charge is 0.363 e. The normalized spacial score (nSPS) is 14.0. The zero-order valence-electron chi connectivity index (χ0n) is 10.7. The van der Waals surface area contributed by atoms with E-state index < -0.39 is 0 Å². The molecule has 1 aliphatic rings. The first-order valence-electron chi connectivity index (χ1n) is 6.31. The predicted octanol–water partition coefficient (Wildman–Crippen LogP) is 3.18. The average molecular weight is 255 g/mol. The molecule has 0 N–H and O–H groups in total. The first-order chi connectivity index (χ1) is 9.28. The zero-order valence-corrected chi connectivity index (χ0v) is 10.7. The highest BCUT2D eigenvalue weighted by atomic mass is 19.1. The Morgan fingerprint density at radius 1 is 1.21 bits per heavy atom. The highest BCUT2D eigenvalue weighted by Gasteiger charge is 2.19. The van der Waals surface area contributed by atoms with Crippen LogP contribution in [-0.2, 0) is 0 Å². The lowest BCUT2D eigenvalue weighted by Gasteiger charge is -2.28. The number of nitrogens with zero attached hydrogens (tertiary/aromatic N) is 3. The Morgan fingerprint density at radius 2 is 2.00 bits per heavy atom. The first-order valence-corrected chi connectivity index (χ1v) is 6.31. The summed E-state index contributed by atoms with van der Waals surface area (Å²) >= 11 is 0. The summed E-state index contributed by atoms with van der Waals surface area (Å²) in [6.07, 6.45) is 1.74. The van der Waals surface area contributed by atoms with E-state index in [0.29, 0.717) is 0 Å². The fourth-order valence-electron chi connectivity index (χ4n) is 2.23. The minimum Gasteiger partial charge on any atom is -0.363 e. The number of fused-ring (bicyclic) bond motifs is 1. The smallest absolute Gasteiger partial charge is 0.176 e. The van der Waals surface area contributed by atoms with Crippen molar-refractivity contribution < 1.29 is 4.39 Å². The fraction of sp³-hybridized carbons (Fsp3) is 0.200. The van der Waals surface area contributed by atoms with Gasteiger partial charge in [-0.2, -0.15) is 0 Å². The highest BCUT2D eigenvalue weighted by Crippen LogP contribution is 2.30. The summed E-state index contributed by atoms with van der Waals surface area (Å²) in [5.41, 5.74) is 2.92. The van der Waals surface area contributed by atoms with Crippen LogP contribution in [0.2, 0.25) is 0 Å². The van der Waals surface area contributed by atoms with E-state index in [9.17, 15) is 4.39 Å². The van der Waals surface area contributed by atoms with E-state index in [1.807, 2.05) is 12.1 Å². The van der Waals surface area contributed by atoms with E-state index in [-0.39, 0.29) is 5.82 Å². The molecule has 3 nitrogen and oxygen atoms in total. The first kappa shape index (κ1) is 11.8. The van der Waals surface area contributed by atoms with Gasteiger partial charge in [0, 0.05) is 12.7 Å². The van der Waals surface area contributed by atoms with Gasteiger partial charge in [0.05, 0.1) is 17.9 Å². The molecule has 2 heterocycles. The van der Waals surface area contributed by atoms with Crippen LogP contribution in [0, 0.1) is 5.82 Å². The molecule has 0 radical (unpaired) electrons. The van der Waals surface area contributed by atoms with Gasteiger partial charge in [0.15, 0.2) is 5.82 Å². The summed E-state index contributed by atoms with van der Waals surface area (Å²) in [6, 6.07) is 10.4. The van der Waals surface area contributed by atoms with Gasteiger partial charge >= 0.3 is 0 Å². The van der Waals surface area contributed by atoms with Crippen molar-refractivity contribution in [2.24, 2.45) is 4.99 Å². The van der Waals surface area contributed by atoms with Crippen molar-refractivity contribution in [1.82, 2.24) is 4.98 Å². The van der Waals surface area contributed by atoms with Gasteiger partial charge in [-0.15, -0.1) is 0 Å². The summed E-state index contributed by atoms with van der Waals surface area (Å²) in [4.78, 5) is 11.1. The van der Waals surface area contributed by atoms with E-state index in [4.69, 9.17) is 0 Å². The molecule has 0 unspecified atom stereocenters. The summed E-state index contributed by atoms with van der Waals surface area (Å²) in [7, 11) is 0. The Kier molecular flexibility index (Phi) is 2.99. The fourth-order valence-corrected chi connectivity index (χ4v) is 2.23. The average Bonchev–Trinajstić information content (AvgIpc) is 2.47. The molecule has 2 aromatic rings. The van der Waals surface area contributed by atoms with Gasteiger partial charge in [0.25, 0.3) is 0 Å². The Bertz CT molecular complexity index is 620. The van der Waals surface area contributed by atoms with Crippen molar-refractivity contribution in [1.29, 1.82) is 0 Å². The van der Waals surface area contributed by atoms with Gasteiger partial charge < -0.3 is 4.90 Å². The van der Waals surface area contributed by atoms with Gasteiger partial charge in [-0.1, -0.05) is 12.1 Å². The monoisotopic (exact) mass is 255 g/mol. The van der Waals surface area contributed by atoms with E-state index in [2.05, 4.69) is 21.8 Å². The molecule has 4 heteroatoms. The van der Waals surface area contributed by atoms with Gasteiger partial charge in [0.2, 0.25) is 0 Å². The molecule has 1 aromatic carbocycles. The summed E-state index contributed by atoms with van der Waals surface area (Å²) in [6.45, 7) is 3.71. The number of anilines is 1. The Balaban J connectivity index is 2.05. The van der Waals surface area contributed by atoms with Crippen LogP contribution in [0.4, 0.5) is 15.9 Å². The number of benzene rings is 1. The third-order valence-corrected chi connectivity index (χ3v) is 3.25. The Morgan fingerprint density at radius 3 is 2.74 bits per heavy atom. The van der Waals surface area contributed by atoms with E-state index in [1.54, 1.807) is 18.3 Å². The van der Waals surface area contributed by atoms with E-state index in [1.165, 1.54) is 12.1 Å². The lowest BCUT2D eigenvalue weighted by Crippen LogP contribution is -2.32. The topological polar surface area (TPSA) is 28.5 Å². The van der Waals surface area contributed by atoms with Crippen LogP contribution in [-0.4, -0.2) is 23.8 Å². The minimum absolute atomic E-state index is 0.231. The second-order valence-electron chi connectivity index (χ2n) is 4.43. The standard InChI is InChI=1S/C15H14FN3/c1-2-19-10-13(11-5-7-12(16)8-6-11)18-15-14(19)4-3-9-17-15/h3-9H,2,10H2,1H3. The summed E-state index contributed by atoms with van der Waals surface area (Å²) in [5.74, 6) is 0.501. The number of pyridine rings is 1. The number of aromatic nitrogens is 1. The quantitative estimate of drug-likeness (QED) is 0.824. The molecule has 0 fully saturated rings. The molecule has 1 aromatic heterocycles. The molecule has 0 spiro atoms. The number of halogens is 1. The van der Waals surface area contributed by atoms with Crippen LogP contribution >= 0.6 is 0 Å². The number of hydrogen-bond donors (Lipinski definition) is 0. The van der Waals surface area contributed by atoms with Crippen LogP contribution in [0.5, 0.6) is 0 Å². The third kappa shape index (κ3) is 2.21. The molecule has 96 valence electrons. The molecule has 3 rings (SSSR count). The lowest BCUT2D eigenvalue weighted by atomic mass is 10.1. The third-order valence-electron chi connectivity index (χ3n) is 3.25. The number of rotatable bonds is 2. The van der Waals surface area contributed by atoms with Gasteiger partial charge in [-0.25, -0.2) is 14.4 Å². The van der Waals surface area contributed by atoms with Crippen LogP contribution in [0.15, 0.2) is 47.6 Å². The molecule has 0 saturated heterocycles. The molecule has 0 aliphatic carbocycles. The van der Waals surface area contributed by atoms with Crippen LogP contribution < -0.4 is 4.90 Å². The Labute approximate surface area is 111 Å². The van der Waals surface area contributed by atoms with Crippen molar-refractivity contribution in [2.45, 2.75) is 6.92 Å². The molecular weight excluding hydrogens is 241 g/mol. The SMILES string of the molecule is CCN1CC(c2ccc(F)cc2)=Nc2ncccc21. The number of aliphatic imine (C=N–C) groups is 1. The second-order valence-corrected chi connectivity index (χ2v) is 4.43. The van der Waals surface area contributed by atoms with Crippen LogP contribution in [0.1, 0.15) is 12.5 Å². The van der Waals surface area contributed by atoms with Gasteiger partial charge in [-0.3, -0.25) is 0 Å². The molecule has 0 saturated carbocycles. The van der Waals surface area contributed by atoms with Crippen molar-refractivity contribution in [2.75, 3.05) is 18.0 Å². The maximum Gasteiger partial charge on any atom is 0.176 e. The summed E-state index contributed by atoms with van der Waals surface area (Å²) < 4.78 is 13.0. The predicted molar refractivity (Wildman–Crippen MR) is 74.7 cm³/mol. The van der Waals surface area contributed by atoms with Crippen molar-refractivity contribution in [3.8, 4) is 0 Å². The molecular formula is C15H14FN3. The maximum absolute atomic E-state index is 13.0. The second kappa shape index (κ2) is 4.80. The number of likely N-dealkylation sites (N-methyl/N-ethyl adjacent to an activating group) is 1. The Hall–Kier alpha value is -2.23. The molecule has 0 amide bonds. The zero-order chi connectivity index (χ0) is 13.2. The molecule has 1 aliphatic heterocycles. The maximum atomic E-state index is 13.0. The van der Waals surface area contributed by atoms with Crippen LogP contribution in [0.25, 0.3) is 0 Å².